The van der Waals surface area contributed by atoms with Crippen LogP contribution in [0.2, 0.25) is 0 Å². The number of aliphatic hydroxyl groups excluding tert-OH is 1. The molecular formula is C14H20BrNO4S. The molecule has 21 heavy (non-hydrogen) atoms. The summed E-state index contributed by atoms with van der Waals surface area (Å²) >= 11 is 3.43. The Bertz CT molecular complexity index is 605. The minimum atomic E-state index is -3.22. The van der Waals surface area contributed by atoms with Gasteiger partial charge in [-0.15, -0.1) is 0 Å². The fourth-order valence-corrected chi connectivity index (χ4v) is 4.49. The standard InChI is InChI=1S/C14H20BrNO4S/c1-3-16-9(2)11-6-10(15)4-5-13(11)20-14-8-21(18,19)7-12(14)17/h4-6,9,12,14,16-17H,3,7-8H2,1-2H3. The maximum absolute atomic E-state index is 11.6. The first-order valence-electron chi connectivity index (χ1n) is 6.90. The number of aliphatic hydroxyl groups is 1. The molecule has 1 aromatic rings. The number of benzene rings is 1. The van der Waals surface area contributed by atoms with Gasteiger partial charge < -0.3 is 15.2 Å². The zero-order valence-electron chi connectivity index (χ0n) is 12.0. The van der Waals surface area contributed by atoms with E-state index in [1.54, 1.807) is 6.07 Å². The van der Waals surface area contributed by atoms with Crippen LogP contribution in [0.25, 0.3) is 0 Å². The third-order valence-electron chi connectivity index (χ3n) is 3.50. The fraction of sp³-hybridized carbons (Fsp3) is 0.571. The number of hydrogen-bond donors (Lipinski definition) is 2. The van der Waals surface area contributed by atoms with Gasteiger partial charge in [-0.3, -0.25) is 0 Å². The van der Waals surface area contributed by atoms with E-state index in [9.17, 15) is 13.5 Å². The number of rotatable bonds is 5. The lowest BCUT2D eigenvalue weighted by Gasteiger charge is -2.22. The van der Waals surface area contributed by atoms with Gasteiger partial charge in [-0.1, -0.05) is 22.9 Å². The summed E-state index contributed by atoms with van der Waals surface area (Å²) in [6, 6.07) is 5.65. The predicted octanol–water partition coefficient (Wildman–Crippen LogP) is 1.66. The molecule has 0 saturated carbocycles. The molecule has 0 bridgehead atoms. The monoisotopic (exact) mass is 377 g/mol. The summed E-state index contributed by atoms with van der Waals surface area (Å²) in [5.74, 6) is 0.235. The molecule has 1 aliphatic heterocycles. The second-order valence-corrected chi connectivity index (χ2v) is 8.33. The Morgan fingerprint density at radius 1 is 1.48 bits per heavy atom. The van der Waals surface area contributed by atoms with Crippen LogP contribution >= 0.6 is 15.9 Å². The molecule has 5 nitrogen and oxygen atoms in total. The van der Waals surface area contributed by atoms with E-state index in [-0.39, 0.29) is 17.5 Å². The van der Waals surface area contributed by atoms with Crippen molar-refractivity contribution in [3.8, 4) is 5.75 Å². The summed E-state index contributed by atoms with van der Waals surface area (Å²) in [6.07, 6.45) is -1.68. The SMILES string of the molecule is CCNC(C)c1cc(Br)ccc1OC1CS(=O)(=O)CC1O. The van der Waals surface area contributed by atoms with Crippen molar-refractivity contribution in [3.63, 3.8) is 0 Å². The van der Waals surface area contributed by atoms with Gasteiger partial charge >= 0.3 is 0 Å². The van der Waals surface area contributed by atoms with Crippen molar-refractivity contribution >= 4 is 25.8 Å². The van der Waals surface area contributed by atoms with E-state index in [1.165, 1.54) is 0 Å². The van der Waals surface area contributed by atoms with Crippen molar-refractivity contribution in [1.82, 2.24) is 5.32 Å². The predicted molar refractivity (Wildman–Crippen MR) is 85.3 cm³/mol. The maximum atomic E-state index is 11.6. The van der Waals surface area contributed by atoms with Gasteiger partial charge in [-0.2, -0.15) is 0 Å². The molecule has 1 heterocycles. The van der Waals surface area contributed by atoms with Crippen molar-refractivity contribution < 1.29 is 18.3 Å². The molecule has 0 amide bonds. The van der Waals surface area contributed by atoms with Gasteiger partial charge in [-0.05, 0) is 31.7 Å². The highest BCUT2D eigenvalue weighted by Crippen LogP contribution is 2.31. The van der Waals surface area contributed by atoms with Crippen LogP contribution in [0.4, 0.5) is 0 Å². The number of ether oxygens (including phenoxy) is 1. The van der Waals surface area contributed by atoms with Crippen LogP contribution in [0.3, 0.4) is 0 Å². The lowest BCUT2D eigenvalue weighted by atomic mass is 10.1. The topological polar surface area (TPSA) is 75.6 Å². The zero-order valence-corrected chi connectivity index (χ0v) is 14.4. The van der Waals surface area contributed by atoms with E-state index < -0.39 is 22.0 Å². The van der Waals surface area contributed by atoms with Crippen molar-refractivity contribution in [2.75, 3.05) is 18.1 Å². The first kappa shape index (κ1) is 16.7. The summed E-state index contributed by atoms with van der Waals surface area (Å²) in [5, 5.41) is 13.1. The average molecular weight is 378 g/mol. The molecule has 0 aromatic heterocycles. The third-order valence-corrected chi connectivity index (χ3v) is 5.68. The van der Waals surface area contributed by atoms with Gasteiger partial charge in [0, 0.05) is 16.1 Å². The van der Waals surface area contributed by atoms with E-state index in [4.69, 9.17) is 4.74 Å². The molecule has 2 N–H and O–H groups in total. The summed E-state index contributed by atoms with van der Waals surface area (Å²) in [5.41, 5.74) is 0.933. The zero-order chi connectivity index (χ0) is 15.6. The van der Waals surface area contributed by atoms with Crippen molar-refractivity contribution in [2.45, 2.75) is 32.1 Å². The Labute approximate surface area is 133 Å². The Morgan fingerprint density at radius 2 is 2.19 bits per heavy atom. The quantitative estimate of drug-likeness (QED) is 0.815. The van der Waals surface area contributed by atoms with Crippen LogP contribution in [0, 0.1) is 0 Å². The minimum Gasteiger partial charge on any atom is -0.486 e. The number of halogens is 1. The molecule has 0 radical (unpaired) electrons. The molecule has 118 valence electrons. The van der Waals surface area contributed by atoms with Gasteiger partial charge in [-0.25, -0.2) is 8.42 Å². The highest BCUT2D eigenvalue weighted by atomic mass is 79.9. The average Bonchev–Trinajstić information content (AvgIpc) is 2.64. The molecule has 1 aromatic carbocycles. The van der Waals surface area contributed by atoms with Gasteiger partial charge in [0.05, 0.1) is 11.5 Å². The summed E-state index contributed by atoms with van der Waals surface area (Å²) < 4.78 is 29.8. The van der Waals surface area contributed by atoms with Crippen LogP contribution < -0.4 is 10.1 Å². The second-order valence-electron chi connectivity index (χ2n) is 5.26. The highest BCUT2D eigenvalue weighted by molar-refractivity contribution is 9.10. The van der Waals surface area contributed by atoms with Crippen molar-refractivity contribution in [3.05, 3.63) is 28.2 Å². The Hall–Kier alpha value is -0.630. The Kier molecular flexibility index (Phi) is 5.29. The van der Waals surface area contributed by atoms with Gasteiger partial charge in [0.25, 0.3) is 0 Å². The number of hydrogen-bond acceptors (Lipinski definition) is 5. The molecule has 2 rings (SSSR count). The molecule has 0 spiro atoms. The summed E-state index contributed by atoms with van der Waals surface area (Å²) in [4.78, 5) is 0. The van der Waals surface area contributed by atoms with Gasteiger partial charge in [0.2, 0.25) is 0 Å². The second kappa shape index (κ2) is 6.64. The molecule has 1 aliphatic rings. The third kappa shape index (κ3) is 4.18. The first-order chi connectivity index (χ1) is 9.82. The van der Waals surface area contributed by atoms with Crippen LogP contribution in [0.15, 0.2) is 22.7 Å². The highest BCUT2D eigenvalue weighted by Gasteiger charge is 2.38. The fourth-order valence-electron chi connectivity index (χ4n) is 2.45. The summed E-state index contributed by atoms with van der Waals surface area (Å²) in [6.45, 7) is 4.84. The molecular weight excluding hydrogens is 358 g/mol. The number of sulfone groups is 1. The maximum Gasteiger partial charge on any atom is 0.156 e. The molecule has 3 atom stereocenters. The largest absolute Gasteiger partial charge is 0.486 e. The van der Waals surface area contributed by atoms with E-state index in [2.05, 4.69) is 21.2 Å². The molecule has 0 aliphatic carbocycles. The van der Waals surface area contributed by atoms with Gasteiger partial charge in [0.1, 0.15) is 18.0 Å². The lowest BCUT2D eigenvalue weighted by Crippen LogP contribution is -2.30. The molecule has 3 unspecified atom stereocenters. The van der Waals surface area contributed by atoms with Gasteiger partial charge in [0.15, 0.2) is 9.84 Å². The van der Waals surface area contributed by atoms with E-state index >= 15 is 0 Å². The Balaban J connectivity index is 2.24. The summed E-state index contributed by atoms with van der Waals surface area (Å²) in [7, 11) is -3.22. The van der Waals surface area contributed by atoms with E-state index in [0.717, 1.165) is 16.6 Å². The molecule has 7 heteroatoms. The normalized spacial score (nSPS) is 25.7. The first-order valence-corrected chi connectivity index (χ1v) is 9.52. The molecule has 1 saturated heterocycles. The Morgan fingerprint density at radius 3 is 2.76 bits per heavy atom. The van der Waals surface area contributed by atoms with Crippen LogP contribution in [0.1, 0.15) is 25.5 Å². The molecule has 1 fully saturated rings. The van der Waals surface area contributed by atoms with E-state index in [0.29, 0.717) is 5.75 Å². The van der Waals surface area contributed by atoms with Crippen molar-refractivity contribution in [1.29, 1.82) is 0 Å². The van der Waals surface area contributed by atoms with E-state index in [1.807, 2.05) is 26.0 Å². The minimum absolute atomic E-state index is 0.0673. The smallest absolute Gasteiger partial charge is 0.156 e. The van der Waals surface area contributed by atoms with Crippen LogP contribution in [0.5, 0.6) is 5.75 Å². The van der Waals surface area contributed by atoms with Crippen molar-refractivity contribution in [2.24, 2.45) is 0 Å². The van der Waals surface area contributed by atoms with Crippen LogP contribution in [-0.4, -0.2) is 43.8 Å². The van der Waals surface area contributed by atoms with Crippen LogP contribution in [-0.2, 0) is 9.84 Å². The number of nitrogens with one attached hydrogen (secondary N) is 1. The lowest BCUT2D eigenvalue weighted by molar-refractivity contribution is 0.0728.